The lowest BCUT2D eigenvalue weighted by atomic mass is 10.1. The minimum absolute atomic E-state index is 0.239. The summed E-state index contributed by atoms with van der Waals surface area (Å²) in [6.07, 6.45) is 0.398. The molecule has 1 unspecified atom stereocenters. The van der Waals surface area contributed by atoms with Gasteiger partial charge in [-0.05, 0) is 33.1 Å². The van der Waals surface area contributed by atoms with Crippen LogP contribution in [0.4, 0.5) is 4.79 Å². The van der Waals surface area contributed by atoms with Gasteiger partial charge < -0.3 is 14.6 Å². The topological polar surface area (TPSA) is 76.1 Å². The number of carboxylic acid groups (broad SMARTS) is 1. The van der Waals surface area contributed by atoms with Crippen molar-refractivity contribution in [3.8, 4) is 0 Å². The maximum Gasteiger partial charge on any atom is 0.411 e. The van der Waals surface area contributed by atoms with Crippen molar-refractivity contribution in [3.05, 3.63) is 0 Å². The van der Waals surface area contributed by atoms with Gasteiger partial charge in [0.1, 0.15) is 11.6 Å². The third kappa shape index (κ3) is 5.91. The van der Waals surface area contributed by atoms with Crippen LogP contribution in [0.15, 0.2) is 0 Å². The molecule has 6 heteroatoms. The number of ether oxygens (including phenoxy) is 2. The molecule has 0 saturated carbocycles. The number of hydrogen-bond acceptors (Lipinski definition) is 4. The van der Waals surface area contributed by atoms with Crippen LogP contribution in [0.3, 0.4) is 0 Å². The molecule has 122 valence electrons. The van der Waals surface area contributed by atoms with E-state index in [1.807, 2.05) is 0 Å². The summed E-state index contributed by atoms with van der Waals surface area (Å²) in [7, 11) is 0. The molecule has 1 amide bonds. The van der Waals surface area contributed by atoms with Crippen LogP contribution < -0.4 is 0 Å². The van der Waals surface area contributed by atoms with Crippen molar-refractivity contribution in [1.82, 2.24) is 4.90 Å². The lowest BCUT2D eigenvalue weighted by molar-refractivity contribution is -0.142. The normalized spacial score (nSPS) is 22.7. The Morgan fingerprint density at radius 2 is 1.95 bits per heavy atom. The molecule has 0 aromatic heterocycles. The van der Waals surface area contributed by atoms with Gasteiger partial charge in [0.15, 0.2) is 0 Å². The van der Waals surface area contributed by atoms with Gasteiger partial charge in [-0.25, -0.2) is 9.59 Å². The number of hydrogen-bond donors (Lipinski definition) is 1. The Labute approximate surface area is 126 Å². The zero-order chi connectivity index (χ0) is 16.2. The van der Waals surface area contributed by atoms with Gasteiger partial charge in [0.05, 0.1) is 12.6 Å². The number of rotatable bonds is 5. The highest BCUT2D eigenvalue weighted by atomic mass is 16.6. The Morgan fingerprint density at radius 1 is 1.33 bits per heavy atom. The van der Waals surface area contributed by atoms with Crippen LogP contribution in [0.1, 0.15) is 47.5 Å². The second-order valence-corrected chi connectivity index (χ2v) is 6.90. The summed E-state index contributed by atoms with van der Waals surface area (Å²) in [5.41, 5.74) is -0.642. The summed E-state index contributed by atoms with van der Waals surface area (Å²) in [6, 6.07) is -0.871. The first kappa shape index (κ1) is 17.8. The number of carbonyl (C=O) groups is 2. The lowest BCUT2D eigenvalue weighted by Crippen LogP contribution is -2.43. The molecule has 1 saturated heterocycles. The molecule has 0 aliphatic carbocycles. The number of aliphatic carboxylic acids is 1. The minimum atomic E-state index is -1.02. The SMILES string of the molecule is CC(C)CCOC1C[C@H](C(=O)O)N(C(=O)OC(C)(C)C)C1. The predicted octanol–water partition coefficient (Wildman–Crippen LogP) is 2.51. The first-order valence-electron chi connectivity index (χ1n) is 7.44. The Hall–Kier alpha value is -1.30. The van der Waals surface area contributed by atoms with Gasteiger partial charge in [0, 0.05) is 13.0 Å². The van der Waals surface area contributed by atoms with E-state index in [0.29, 0.717) is 18.9 Å². The van der Waals surface area contributed by atoms with Crippen molar-refractivity contribution in [3.63, 3.8) is 0 Å². The molecule has 0 spiro atoms. The zero-order valence-corrected chi connectivity index (χ0v) is 13.6. The molecule has 1 fully saturated rings. The molecule has 1 rings (SSSR count). The van der Waals surface area contributed by atoms with Crippen LogP contribution in [-0.4, -0.2) is 53.0 Å². The summed E-state index contributed by atoms with van der Waals surface area (Å²) in [6.45, 7) is 10.3. The van der Waals surface area contributed by atoms with E-state index in [-0.39, 0.29) is 12.6 Å². The fourth-order valence-corrected chi connectivity index (χ4v) is 2.15. The molecule has 0 radical (unpaired) electrons. The predicted molar refractivity (Wildman–Crippen MR) is 78.2 cm³/mol. The standard InChI is InChI=1S/C15H27NO5/c1-10(2)6-7-20-11-8-12(13(17)18)16(9-11)14(19)21-15(3,4)5/h10-12H,6-9H2,1-5H3,(H,17,18)/t11?,12-/m1/s1. The fourth-order valence-electron chi connectivity index (χ4n) is 2.15. The Morgan fingerprint density at radius 3 is 2.43 bits per heavy atom. The Kier molecular flexibility index (Phi) is 6.01. The molecule has 0 aromatic rings. The average molecular weight is 301 g/mol. The van der Waals surface area contributed by atoms with Gasteiger partial charge in [0.2, 0.25) is 0 Å². The number of nitrogens with zero attached hydrogens (tertiary/aromatic N) is 1. The number of amides is 1. The quantitative estimate of drug-likeness (QED) is 0.844. The van der Waals surface area contributed by atoms with Gasteiger partial charge >= 0.3 is 12.1 Å². The maximum absolute atomic E-state index is 12.1. The van der Waals surface area contributed by atoms with Gasteiger partial charge in [-0.3, -0.25) is 4.90 Å². The van der Waals surface area contributed by atoms with Crippen LogP contribution in [0, 0.1) is 5.92 Å². The monoisotopic (exact) mass is 301 g/mol. The highest BCUT2D eigenvalue weighted by molar-refractivity contribution is 5.81. The molecule has 1 aliphatic rings. The second kappa shape index (κ2) is 7.11. The van der Waals surface area contributed by atoms with Crippen LogP contribution in [0.5, 0.6) is 0 Å². The number of carboxylic acids is 1. The third-order valence-corrected chi connectivity index (χ3v) is 3.22. The van der Waals surface area contributed by atoms with Crippen molar-refractivity contribution in [2.45, 2.75) is 65.2 Å². The molecule has 21 heavy (non-hydrogen) atoms. The zero-order valence-electron chi connectivity index (χ0n) is 13.6. The van der Waals surface area contributed by atoms with E-state index < -0.39 is 23.7 Å². The summed E-state index contributed by atoms with van der Waals surface area (Å²) >= 11 is 0. The lowest BCUT2D eigenvalue weighted by Gasteiger charge is -2.26. The van der Waals surface area contributed by atoms with E-state index in [9.17, 15) is 14.7 Å². The van der Waals surface area contributed by atoms with Crippen molar-refractivity contribution in [2.24, 2.45) is 5.92 Å². The van der Waals surface area contributed by atoms with E-state index in [4.69, 9.17) is 9.47 Å². The van der Waals surface area contributed by atoms with Crippen molar-refractivity contribution < 1.29 is 24.2 Å². The smallest absolute Gasteiger partial charge is 0.411 e. The van der Waals surface area contributed by atoms with E-state index in [0.717, 1.165) is 6.42 Å². The molecular weight excluding hydrogens is 274 g/mol. The van der Waals surface area contributed by atoms with Gasteiger partial charge in [-0.15, -0.1) is 0 Å². The Bertz CT molecular complexity index is 375. The largest absolute Gasteiger partial charge is 0.480 e. The molecule has 0 bridgehead atoms. The number of likely N-dealkylation sites (tertiary alicyclic amines) is 1. The summed E-state index contributed by atoms with van der Waals surface area (Å²) in [5, 5.41) is 9.26. The van der Waals surface area contributed by atoms with Crippen LogP contribution in [0.2, 0.25) is 0 Å². The molecule has 1 aliphatic heterocycles. The van der Waals surface area contributed by atoms with Crippen molar-refractivity contribution in [1.29, 1.82) is 0 Å². The third-order valence-electron chi connectivity index (χ3n) is 3.22. The highest BCUT2D eigenvalue weighted by Crippen LogP contribution is 2.23. The molecule has 1 heterocycles. The molecule has 1 N–H and O–H groups in total. The highest BCUT2D eigenvalue weighted by Gasteiger charge is 2.42. The van der Waals surface area contributed by atoms with Crippen LogP contribution in [0.25, 0.3) is 0 Å². The Balaban J connectivity index is 2.61. The van der Waals surface area contributed by atoms with Crippen molar-refractivity contribution >= 4 is 12.1 Å². The minimum Gasteiger partial charge on any atom is -0.480 e. The van der Waals surface area contributed by atoms with Crippen molar-refractivity contribution in [2.75, 3.05) is 13.2 Å². The van der Waals surface area contributed by atoms with Crippen LogP contribution >= 0.6 is 0 Å². The first-order valence-corrected chi connectivity index (χ1v) is 7.44. The summed E-state index contributed by atoms with van der Waals surface area (Å²) in [4.78, 5) is 24.7. The van der Waals surface area contributed by atoms with Crippen LogP contribution in [-0.2, 0) is 14.3 Å². The summed E-state index contributed by atoms with van der Waals surface area (Å²) in [5.74, 6) is -0.487. The van der Waals surface area contributed by atoms with E-state index >= 15 is 0 Å². The average Bonchev–Trinajstić information content (AvgIpc) is 2.70. The molecule has 0 aromatic carbocycles. The van der Waals surface area contributed by atoms with E-state index in [1.165, 1.54) is 4.90 Å². The van der Waals surface area contributed by atoms with E-state index in [2.05, 4.69) is 13.8 Å². The second-order valence-electron chi connectivity index (χ2n) is 6.90. The van der Waals surface area contributed by atoms with Gasteiger partial charge in [-0.1, -0.05) is 13.8 Å². The fraction of sp³-hybridized carbons (Fsp3) is 0.867. The summed E-state index contributed by atoms with van der Waals surface area (Å²) < 4.78 is 11.0. The molecular formula is C15H27NO5. The first-order chi connectivity index (χ1) is 9.60. The molecule has 2 atom stereocenters. The number of carbonyl (C=O) groups excluding carboxylic acids is 1. The van der Waals surface area contributed by atoms with Gasteiger partial charge in [-0.2, -0.15) is 0 Å². The molecule has 6 nitrogen and oxygen atoms in total. The maximum atomic E-state index is 12.1. The van der Waals surface area contributed by atoms with E-state index in [1.54, 1.807) is 20.8 Å². The van der Waals surface area contributed by atoms with Gasteiger partial charge in [0.25, 0.3) is 0 Å².